The van der Waals surface area contributed by atoms with Gasteiger partial charge in [-0.25, -0.2) is 9.59 Å². The highest BCUT2D eigenvalue weighted by molar-refractivity contribution is 5.86. The first-order valence-corrected chi connectivity index (χ1v) is 8.02. The van der Waals surface area contributed by atoms with Crippen molar-refractivity contribution < 1.29 is 28.6 Å². The fourth-order valence-electron chi connectivity index (χ4n) is 2.07. The molecule has 1 amide bonds. The third kappa shape index (κ3) is 7.21. The van der Waals surface area contributed by atoms with Crippen LogP contribution in [0.15, 0.2) is 24.3 Å². The van der Waals surface area contributed by atoms with Gasteiger partial charge in [0.05, 0.1) is 12.7 Å². The van der Waals surface area contributed by atoms with Gasteiger partial charge >= 0.3 is 11.9 Å². The Bertz CT molecular complexity index is 681. The lowest BCUT2D eigenvalue weighted by Crippen LogP contribution is -2.44. The van der Waals surface area contributed by atoms with Crippen molar-refractivity contribution in [3.63, 3.8) is 0 Å². The molecule has 1 atom stereocenters. The molecule has 0 aliphatic rings. The molecule has 8 heteroatoms. The van der Waals surface area contributed by atoms with Gasteiger partial charge in [0.15, 0.2) is 13.2 Å². The van der Waals surface area contributed by atoms with Crippen molar-refractivity contribution >= 4 is 17.8 Å². The zero-order valence-corrected chi connectivity index (χ0v) is 15.0. The Balaban J connectivity index is 2.44. The van der Waals surface area contributed by atoms with Gasteiger partial charge in [-0.3, -0.25) is 4.79 Å². The fourth-order valence-corrected chi connectivity index (χ4v) is 2.07. The van der Waals surface area contributed by atoms with Crippen LogP contribution >= 0.6 is 0 Å². The number of nitriles is 1. The van der Waals surface area contributed by atoms with Gasteiger partial charge in [0, 0.05) is 0 Å². The zero-order chi connectivity index (χ0) is 19.5. The van der Waals surface area contributed by atoms with Gasteiger partial charge in [-0.05, 0) is 24.5 Å². The highest BCUT2D eigenvalue weighted by Gasteiger charge is 2.23. The molecule has 0 unspecified atom stereocenters. The number of carbonyl (C=O) groups excluding carboxylic acids is 3. The predicted octanol–water partition coefficient (Wildman–Crippen LogP) is 1.18. The minimum Gasteiger partial charge on any atom is -0.481 e. The van der Waals surface area contributed by atoms with Crippen molar-refractivity contribution in [1.29, 1.82) is 5.26 Å². The lowest BCUT2D eigenvalue weighted by atomic mass is 10.0. The number of hydrogen-bond acceptors (Lipinski definition) is 7. The molecule has 0 spiro atoms. The van der Waals surface area contributed by atoms with Crippen LogP contribution in [-0.4, -0.2) is 44.2 Å². The largest absolute Gasteiger partial charge is 0.481 e. The maximum atomic E-state index is 11.9. The first-order chi connectivity index (χ1) is 12.4. The summed E-state index contributed by atoms with van der Waals surface area (Å²) in [7, 11) is 1.23. The second kappa shape index (κ2) is 10.7. The summed E-state index contributed by atoms with van der Waals surface area (Å²) in [5, 5.41) is 11.4. The SMILES string of the molecule is COC(=O)[C@@H](CC(C)C)NC(=O)COC(=O)COc1ccccc1C#N. The smallest absolute Gasteiger partial charge is 0.344 e. The highest BCUT2D eigenvalue weighted by atomic mass is 16.6. The minimum absolute atomic E-state index is 0.163. The Morgan fingerprint density at radius 3 is 2.50 bits per heavy atom. The van der Waals surface area contributed by atoms with E-state index in [1.54, 1.807) is 24.3 Å². The number of methoxy groups -OCH3 is 1. The molecule has 0 saturated carbocycles. The molecule has 1 aromatic rings. The molecule has 0 radical (unpaired) electrons. The quantitative estimate of drug-likeness (QED) is 0.656. The molecular weight excluding hydrogens is 340 g/mol. The molecule has 140 valence electrons. The number of hydrogen-bond donors (Lipinski definition) is 1. The number of rotatable bonds is 9. The Kier molecular flexibility index (Phi) is 8.64. The van der Waals surface area contributed by atoms with Crippen molar-refractivity contribution in [3.8, 4) is 11.8 Å². The van der Waals surface area contributed by atoms with Crippen LogP contribution in [0.3, 0.4) is 0 Å². The lowest BCUT2D eigenvalue weighted by Gasteiger charge is -2.18. The summed E-state index contributed by atoms with van der Waals surface area (Å²) in [4.78, 5) is 35.2. The van der Waals surface area contributed by atoms with Gasteiger partial charge in [0.1, 0.15) is 17.9 Å². The molecule has 0 aliphatic carbocycles. The molecule has 0 heterocycles. The van der Waals surface area contributed by atoms with Crippen LogP contribution in [0.5, 0.6) is 5.75 Å². The second-order valence-electron chi connectivity index (χ2n) is 5.83. The summed E-state index contributed by atoms with van der Waals surface area (Å²) in [5.74, 6) is -1.54. The van der Waals surface area contributed by atoms with Gasteiger partial charge in [-0.15, -0.1) is 0 Å². The van der Waals surface area contributed by atoms with Crippen LogP contribution in [-0.2, 0) is 23.9 Å². The average Bonchev–Trinajstić information content (AvgIpc) is 2.63. The first-order valence-electron chi connectivity index (χ1n) is 8.02. The standard InChI is InChI=1S/C18H22N2O6/c1-12(2)8-14(18(23)24-3)20-16(21)10-26-17(22)11-25-15-7-5-4-6-13(15)9-19/h4-7,12,14H,8,10-11H2,1-3H3,(H,20,21)/t14-/m1/s1. The lowest BCUT2D eigenvalue weighted by molar-refractivity contribution is -0.151. The van der Waals surface area contributed by atoms with E-state index < -0.39 is 37.1 Å². The summed E-state index contributed by atoms with van der Waals surface area (Å²) in [6.07, 6.45) is 0.403. The van der Waals surface area contributed by atoms with Crippen molar-refractivity contribution in [2.45, 2.75) is 26.3 Å². The number of para-hydroxylation sites is 1. The third-order valence-electron chi connectivity index (χ3n) is 3.25. The molecule has 26 heavy (non-hydrogen) atoms. The van der Waals surface area contributed by atoms with Gasteiger partial charge in [-0.1, -0.05) is 26.0 Å². The molecule has 0 aliphatic heterocycles. The van der Waals surface area contributed by atoms with Crippen molar-refractivity contribution in [3.05, 3.63) is 29.8 Å². The fraction of sp³-hybridized carbons (Fsp3) is 0.444. The number of amides is 1. The van der Waals surface area contributed by atoms with Gasteiger partial charge in [-0.2, -0.15) is 5.26 Å². The van der Waals surface area contributed by atoms with Gasteiger partial charge in [0.2, 0.25) is 0 Å². The third-order valence-corrected chi connectivity index (χ3v) is 3.25. The van der Waals surface area contributed by atoms with Crippen LogP contribution < -0.4 is 10.1 Å². The van der Waals surface area contributed by atoms with E-state index in [0.29, 0.717) is 6.42 Å². The molecule has 1 rings (SSSR count). The number of nitrogens with zero attached hydrogens (tertiary/aromatic N) is 1. The summed E-state index contributed by atoms with van der Waals surface area (Å²) in [6.45, 7) is 2.81. The predicted molar refractivity (Wildman–Crippen MR) is 91.0 cm³/mol. The average molecular weight is 362 g/mol. The monoisotopic (exact) mass is 362 g/mol. The number of carbonyl (C=O) groups is 3. The minimum atomic E-state index is -0.801. The molecule has 1 aromatic carbocycles. The number of nitrogens with one attached hydrogen (secondary N) is 1. The molecular formula is C18H22N2O6. The van der Waals surface area contributed by atoms with Crippen LogP contribution in [0.25, 0.3) is 0 Å². The van der Waals surface area contributed by atoms with E-state index in [2.05, 4.69) is 10.1 Å². The molecule has 0 aromatic heterocycles. The topological polar surface area (TPSA) is 115 Å². The molecule has 0 saturated heterocycles. The van der Waals surface area contributed by atoms with E-state index in [1.807, 2.05) is 19.9 Å². The maximum Gasteiger partial charge on any atom is 0.344 e. The molecule has 1 N–H and O–H groups in total. The van der Waals surface area contributed by atoms with Gasteiger partial charge in [0.25, 0.3) is 5.91 Å². The van der Waals surface area contributed by atoms with Crippen LogP contribution in [0.4, 0.5) is 0 Å². The van der Waals surface area contributed by atoms with Crippen LogP contribution in [0.1, 0.15) is 25.8 Å². The van der Waals surface area contributed by atoms with Crippen LogP contribution in [0.2, 0.25) is 0 Å². The van der Waals surface area contributed by atoms with Crippen molar-refractivity contribution in [1.82, 2.24) is 5.32 Å². The molecule has 8 nitrogen and oxygen atoms in total. The van der Waals surface area contributed by atoms with E-state index in [-0.39, 0.29) is 17.2 Å². The Morgan fingerprint density at radius 2 is 1.88 bits per heavy atom. The van der Waals surface area contributed by atoms with E-state index in [0.717, 1.165) is 0 Å². The van der Waals surface area contributed by atoms with Crippen molar-refractivity contribution in [2.24, 2.45) is 5.92 Å². The normalized spacial score (nSPS) is 11.2. The summed E-state index contributed by atoms with van der Waals surface area (Å²) in [6, 6.07) is 7.57. The van der Waals surface area contributed by atoms with E-state index in [4.69, 9.17) is 14.7 Å². The molecule has 0 bridgehead atoms. The van der Waals surface area contributed by atoms with E-state index in [9.17, 15) is 14.4 Å². The number of esters is 2. The Morgan fingerprint density at radius 1 is 1.19 bits per heavy atom. The van der Waals surface area contributed by atoms with E-state index >= 15 is 0 Å². The van der Waals surface area contributed by atoms with Crippen LogP contribution in [0, 0.1) is 17.2 Å². The maximum absolute atomic E-state index is 11.9. The summed E-state index contributed by atoms with van der Waals surface area (Å²) < 4.78 is 14.7. The number of benzene rings is 1. The Labute approximate surface area is 152 Å². The highest BCUT2D eigenvalue weighted by Crippen LogP contribution is 2.16. The molecule has 0 fully saturated rings. The first kappa shape index (κ1) is 21.0. The summed E-state index contributed by atoms with van der Waals surface area (Å²) in [5.41, 5.74) is 0.285. The van der Waals surface area contributed by atoms with E-state index in [1.165, 1.54) is 7.11 Å². The number of ether oxygens (including phenoxy) is 3. The summed E-state index contributed by atoms with van der Waals surface area (Å²) >= 11 is 0. The zero-order valence-electron chi connectivity index (χ0n) is 15.0. The van der Waals surface area contributed by atoms with Gasteiger partial charge < -0.3 is 19.5 Å². The second-order valence-corrected chi connectivity index (χ2v) is 5.83. The van der Waals surface area contributed by atoms with Crippen molar-refractivity contribution in [2.75, 3.05) is 20.3 Å². The Hall–Kier alpha value is -3.08.